The Morgan fingerprint density at radius 2 is 1.91 bits per heavy atom. The van der Waals surface area contributed by atoms with Crippen LogP contribution in [0.2, 0.25) is 0 Å². The fourth-order valence-electron chi connectivity index (χ4n) is 4.34. The number of amides is 1. The Kier molecular flexibility index (Phi) is 4.46. The maximum atomic E-state index is 13.6. The molecular formula is C24H19N7O2. The first kappa shape index (κ1) is 19.3. The molecule has 33 heavy (non-hydrogen) atoms. The lowest BCUT2D eigenvalue weighted by Gasteiger charge is -2.36. The van der Waals surface area contributed by atoms with Crippen molar-refractivity contribution in [2.24, 2.45) is 0 Å². The summed E-state index contributed by atoms with van der Waals surface area (Å²) in [5.74, 6) is -0.205. The largest absolute Gasteiger partial charge is 0.411 e. The molecule has 0 saturated heterocycles. The van der Waals surface area contributed by atoms with Gasteiger partial charge in [0.2, 0.25) is 0 Å². The highest BCUT2D eigenvalue weighted by atomic mass is 16.4. The molecule has 0 bridgehead atoms. The van der Waals surface area contributed by atoms with Gasteiger partial charge in [0.1, 0.15) is 11.7 Å². The molecule has 6 rings (SSSR count). The Hall–Kier alpha value is -4.40. The van der Waals surface area contributed by atoms with Crippen LogP contribution in [-0.4, -0.2) is 47.5 Å². The number of hydrogen-bond acceptors (Lipinski definition) is 7. The van der Waals surface area contributed by atoms with E-state index >= 15 is 0 Å². The van der Waals surface area contributed by atoms with E-state index in [1.807, 2.05) is 42.6 Å². The second-order valence-electron chi connectivity index (χ2n) is 8.05. The number of nitrogens with zero attached hydrogens (tertiary/aromatic N) is 6. The standard InChI is InChI=1S/C24H19N7O2/c1-14-12-31(24(32)23-30-29-22(33-23)17-8-4-5-9-25-17)21(20-19(14)27-13-28-20)18-10-15-6-2-3-7-16(15)11-26-18/h2-11,13-14,21H,12H2,1H3,(H,27,28)/t14-,21+/m0/s1. The summed E-state index contributed by atoms with van der Waals surface area (Å²) in [4.78, 5) is 32.0. The normalized spacial score (nSPS) is 17.8. The summed E-state index contributed by atoms with van der Waals surface area (Å²) in [6.45, 7) is 2.50. The van der Waals surface area contributed by atoms with Crippen LogP contribution in [0.4, 0.5) is 0 Å². The first-order chi connectivity index (χ1) is 16.2. The van der Waals surface area contributed by atoms with E-state index in [1.165, 1.54) is 0 Å². The smallest absolute Gasteiger partial charge is 0.312 e. The molecule has 5 aromatic rings. The molecular weight excluding hydrogens is 418 g/mol. The van der Waals surface area contributed by atoms with Crippen LogP contribution in [-0.2, 0) is 0 Å². The molecule has 0 radical (unpaired) electrons. The number of nitrogens with one attached hydrogen (secondary N) is 1. The summed E-state index contributed by atoms with van der Waals surface area (Å²) in [5, 5.41) is 10.1. The number of carbonyl (C=O) groups excluding carboxylic acids is 1. The fourth-order valence-corrected chi connectivity index (χ4v) is 4.34. The van der Waals surface area contributed by atoms with Crippen LogP contribution in [0.1, 0.15) is 46.7 Å². The minimum atomic E-state index is -0.482. The third-order valence-corrected chi connectivity index (χ3v) is 5.92. The second kappa shape index (κ2) is 7.63. The van der Waals surface area contributed by atoms with Gasteiger partial charge in [-0.25, -0.2) is 4.98 Å². The number of aromatic nitrogens is 6. The van der Waals surface area contributed by atoms with Crippen molar-refractivity contribution in [1.82, 2.24) is 35.0 Å². The average Bonchev–Trinajstić information content (AvgIpc) is 3.55. The van der Waals surface area contributed by atoms with E-state index in [2.05, 4.69) is 37.1 Å². The topological polar surface area (TPSA) is 114 Å². The van der Waals surface area contributed by atoms with Crippen molar-refractivity contribution in [3.05, 3.63) is 90.2 Å². The van der Waals surface area contributed by atoms with Gasteiger partial charge in [0, 0.05) is 35.9 Å². The number of fused-ring (bicyclic) bond motifs is 2. The number of aromatic amines is 1. The Balaban J connectivity index is 1.43. The Morgan fingerprint density at radius 3 is 2.76 bits per heavy atom. The van der Waals surface area contributed by atoms with Crippen LogP contribution in [0, 0.1) is 0 Å². The summed E-state index contributed by atoms with van der Waals surface area (Å²) < 4.78 is 5.72. The predicted molar refractivity (Wildman–Crippen MR) is 119 cm³/mol. The fraction of sp³-hybridized carbons (Fsp3) is 0.167. The number of pyridine rings is 2. The molecule has 9 nitrogen and oxygen atoms in total. The van der Waals surface area contributed by atoms with Crippen LogP contribution < -0.4 is 0 Å². The summed E-state index contributed by atoms with van der Waals surface area (Å²) in [6, 6.07) is 14.9. The molecule has 5 heterocycles. The monoisotopic (exact) mass is 437 g/mol. The zero-order valence-electron chi connectivity index (χ0n) is 17.7. The van der Waals surface area contributed by atoms with Gasteiger partial charge in [-0.2, -0.15) is 0 Å². The van der Waals surface area contributed by atoms with Gasteiger partial charge in [0.25, 0.3) is 5.89 Å². The quantitative estimate of drug-likeness (QED) is 0.457. The molecule has 1 aliphatic heterocycles. The Labute approximate surface area is 188 Å². The van der Waals surface area contributed by atoms with Crippen LogP contribution >= 0.6 is 0 Å². The number of rotatable bonds is 3. The van der Waals surface area contributed by atoms with E-state index in [1.54, 1.807) is 29.6 Å². The summed E-state index contributed by atoms with van der Waals surface area (Å²) in [5.41, 5.74) is 3.01. The minimum Gasteiger partial charge on any atom is -0.411 e. The molecule has 0 aliphatic carbocycles. The number of H-pyrrole nitrogens is 1. The predicted octanol–water partition coefficient (Wildman–Crippen LogP) is 3.75. The SMILES string of the molecule is C[C@H]1CN(C(=O)c2nnc(-c3ccccn3)o2)[C@H](c2cc3ccccc3cn2)c2nc[nH]c21. The summed E-state index contributed by atoms with van der Waals surface area (Å²) >= 11 is 0. The van der Waals surface area contributed by atoms with E-state index in [4.69, 9.17) is 4.42 Å². The molecule has 162 valence electrons. The summed E-state index contributed by atoms with van der Waals surface area (Å²) in [6.07, 6.45) is 5.12. The van der Waals surface area contributed by atoms with Crippen molar-refractivity contribution in [2.75, 3.05) is 6.54 Å². The average molecular weight is 437 g/mol. The van der Waals surface area contributed by atoms with Crippen molar-refractivity contribution in [3.8, 4) is 11.6 Å². The molecule has 2 atom stereocenters. The van der Waals surface area contributed by atoms with Crippen molar-refractivity contribution >= 4 is 16.7 Å². The van der Waals surface area contributed by atoms with E-state index < -0.39 is 6.04 Å². The van der Waals surface area contributed by atoms with Gasteiger partial charge < -0.3 is 14.3 Å². The van der Waals surface area contributed by atoms with Gasteiger partial charge in [-0.1, -0.05) is 37.3 Å². The molecule has 0 fully saturated rings. The first-order valence-electron chi connectivity index (χ1n) is 10.6. The van der Waals surface area contributed by atoms with Crippen molar-refractivity contribution < 1.29 is 9.21 Å². The van der Waals surface area contributed by atoms with Gasteiger partial charge >= 0.3 is 11.8 Å². The molecule has 1 N–H and O–H groups in total. The van der Waals surface area contributed by atoms with E-state index in [9.17, 15) is 4.79 Å². The van der Waals surface area contributed by atoms with Crippen LogP contribution in [0.5, 0.6) is 0 Å². The van der Waals surface area contributed by atoms with Crippen LogP contribution in [0.15, 0.2) is 71.7 Å². The lowest BCUT2D eigenvalue weighted by molar-refractivity contribution is 0.0629. The lowest BCUT2D eigenvalue weighted by Crippen LogP contribution is -2.42. The molecule has 1 aromatic carbocycles. The Bertz CT molecular complexity index is 1460. The van der Waals surface area contributed by atoms with Gasteiger partial charge in [0.15, 0.2) is 0 Å². The highest BCUT2D eigenvalue weighted by Gasteiger charge is 2.40. The minimum absolute atomic E-state index is 0.0568. The molecule has 0 unspecified atom stereocenters. The first-order valence-corrected chi connectivity index (χ1v) is 10.6. The third-order valence-electron chi connectivity index (χ3n) is 5.92. The van der Waals surface area contributed by atoms with Crippen molar-refractivity contribution in [1.29, 1.82) is 0 Å². The third kappa shape index (κ3) is 3.25. The number of carbonyl (C=O) groups is 1. The summed E-state index contributed by atoms with van der Waals surface area (Å²) in [7, 11) is 0. The van der Waals surface area contributed by atoms with E-state index in [-0.39, 0.29) is 23.6 Å². The van der Waals surface area contributed by atoms with E-state index in [0.29, 0.717) is 12.2 Å². The van der Waals surface area contributed by atoms with Gasteiger partial charge in [-0.15, -0.1) is 10.2 Å². The molecule has 4 aromatic heterocycles. The molecule has 1 amide bonds. The van der Waals surface area contributed by atoms with Crippen molar-refractivity contribution in [2.45, 2.75) is 18.9 Å². The maximum absolute atomic E-state index is 13.6. The van der Waals surface area contributed by atoms with Gasteiger partial charge in [-0.3, -0.25) is 14.8 Å². The van der Waals surface area contributed by atoms with Gasteiger partial charge in [0.05, 0.1) is 17.7 Å². The molecule has 0 spiro atoms. The highest BCUT2D eigenvalue weighted by molar-refractivity contribution is 5.91. The maximum Gasteiger partial charge on any atom is 0.312 e. The molecule has 1 aliphatic rings. The van der Waals surface area contributed by atoms with Crippen molar-refractivity contribution in [3.63, 3.8) is 0 Å². The number of imidazole rings is 1. The molecule has 0 saturated carbocycles. The van der Waals surface area contributed by atoms with E-state index in [0.717, 1.165) is 27.9 Å². The lowest BCUT2D eigenvalue weighted by atomic mass is 9.92. The number of benzene rings is 1. The van der Waals surface area contributed by atoms with Gasteiger partial charge in [-0.05, 0) is 23.6 Å². The van der Waals surface area contributed by atoms with Crippen LogP contribution in [0.3, 0.4) is 0 Å². The highest BCUT2D eigenvalue weighted by Crippen LogP contribution is 2.38. The van der Waals surface area contributed by atoms with Crippen LogP contribution in [0.25, 0.3) is 22.4 Å². The molecule has 9 heteroatoms. The Morgan fingerprint density at radius 1 is 1.06 bits per heavy atom. The second-order valence-corrected chi connectivity index (χ2v) is 8.05. The number of hydrogen-bond donors (Lipinski definition) is 1. The zero-order chi connectivity index (χ0) is 22.4. The zero-order valence-corrected chi connectivity index (χ0v) is 17.7.